The van der Waals surface area contributed by atoms with Crippen LogP contribution in [-0.4, -0.2) is 20.3 Å². The number of rotatable bonds is 3. The third-order valence-corrected chi connectivity index (χ3v) is 3.42. The van der Waals surface area contributed by atoms with E-state index >= 15 is 0 Å². The second kappa shape index (κ2) is 5.02. The van der Waals surface area contributed by atoms with E-state index in [4.69, 9.17) is 37.4 Å². The molecule has 0 amide bonds. The van der Waals surface area contributed by atoms with Crippen LogP contribution < -0.4 is 4.74 Å². The van der Waals surface area contributed by atoms with E-state index in [2.05, 4.69) is 0 Å². The van der Waals surface area contributed by atoms with Crippen molar-refractivity contribution in [1.82, 2.24) is 0 Å². The van der Waals surface area contributed by atoms with Gasteiger partial charge in [0.25, 0.3) is 0 Å². The molecular formula is C12H14Cl2O3. The molecule has 1 fully saturated rings. The highest BCUT2D eigenvalue weighted by Gasteiger charge is 2.37. The van der Waals surface area contributed by atoms with Gasteiger partial charge in [-0.15, -0.1) is 0 Å². The van der Waals surface area contributed by atoms with Crippen LogP contribution in [0, 0.1) is 0 Å². The van der Waals surface area contributed by atoms with Crippen LogP contribution in [0.2, 0.25) is 10.0 Å². The lowest BCUT2D eigenvalue weighted by Crippen LogP contribution is -2.26. The van der Waals surface area contributed by atoms with E-state index in [1.165, 1.54) is 7.11 Å². The minimum absolute atomic E-state index is 0.460. The van der Waals surface area contributed by atoms with Gasteiger partial charge in [-0.1, -0.05) is 30.1 Å². The zero-order valence-corrected chi connectivity index (χ0v) is 11.3. The molecule has 1 heterocycles. The molecule has 1 aromatic rings. The lowest BCUT2D eigenvalue weighted by atomic mass is 10.0. The molecule has 0 saturated carbocycles. The van der Waals surface area contributed by atoms with Gasteiger partial charge in [-0.2, -0.15) is 0 Å². The van der Waals surface area contributed by atoms with Crippen molar-refractivity contribution >= 4 is 23.2 Å². The summed E-state index contributed by atoms with van der Waals surface area (Å²) < 4.78 is 16.5. The van der Waals surface area contributed by atoms with E-state index < -0.39 is 5.79 Å². The van der Waals surface area contributed by atoms with Crippen molar-refractivity contribution in [1.29, 1.82) is 0 Å². The average molecular weight is 277 g/mol. The summed E-state index contributed by atoms with van der Waals surface area (Å²) in [4.78, 5) is 0. The molecule has 0 unspecified atom stereocenters. The van der Waals surface area contributed by atoms with Gasteiger partial charge in [0, 0.05) is 12.0 Å². The van der Waals surface area contributed by atoms with Crippen LogP contribution in [0.5, 0.6) is 5.75 Å². The summed E-state index contributed by atoms with van der Waals surface area (Å²) in [5, 5.41) is 0.920. The molecule has 0 aromatic heterocycles. The first-order valence-corrected chi connectivity index (χ1v) is 6.20. The molecule has 94 valence electrons. The van der Waals surface area contributed by atoms with Gasteiger partial charge in [-0.05, 0) is 12.1 Å². The van der Waals surface area contributed by atoms with Crippen molar-refractivity contribution in [2.75, 3.05) is 20.3 Å². The number of hydrogen-bond acceptors (Lipinski definition) is 3. The number of ether oxygens (including phenoxy) is 3. The molecule has 2 rings (SSSR count). The van der Waals surface area contributed by atoms with Crippen LogP contribution in [0.1, 0.15) is 18.9 Å². The lowest BCUT2D eigenvalue weighted by Gasteiger charge is -2.27. The Labute approximate surface area is 111 Å². The molecule has 0 radical (unpaired) electrons. The Bertz CT molecular complexity index is 391. The first-order chi connectivity index (χ1) is 8.13. The smallest absolute Gasteiger partial charge is 0.194 e. The summed E-state index contributed by atoms with van der Waals surface area (Å²) in [5.74, 6) is -0.249. The number of methoxy groups -OCH3 is 1. The van der Waals surface area contributed by atoms with Gasteiger partial charge in [0.1, 0.15) is 0 Å². The third-order valence-electron chi connectivity index (χ3n) is 2.86. The zero-order chi connectivity index (χ0) is 12.5. The second-order valence-corrected chi connectivity index (χ2v) is 4.59. The fourth-order valence-corrected chi connectivity index (χ4v) is 2.65. The normalized spacial score (nSPS) is 18.4. The molecular weight excluding hydrogens is 263 g/mol. The van der Waals surface area contributed by atoms with Gasteiger partial charge in [0.15, 0.2) is 11.5 Å². The molecule has 1 saturated heterocycles. The summed E-state index contributed by atoms with van der Waals surface area (Å²) in [5.41, 5.74) is 0.827. The minimum atomic E-state index is -0.723. The van der Waals surface area contributed by atoms with Crippen molar-refractivity contribution in [3.63, 3.8) is 0 Å². The summed E-state index contributed by atoms with van der Waals surface area (Å²) in [6.07, 6.45) is 0.700. The Morgan fingerprint density at radius 2 is 1.76 bits per heavy atom. The van der Waals surface area contributed by atoms with Crippen LogP contribution in [0.3, 0.4) is 0 Å². The highest BCUT2D eigenvalue weighted by atomic mass is 35.5. The maximum absolute atomic E-state index is 6.11. The molecule has 1 aliphatic rings. The highest BCUT2D eigenvalue weighted by molar-refractivity contribution is 6.37. The average Bonchev–Trinajstić information content (AvgIpc) is 2.78. The number of hydrogen-bond donors (Lipinski definition) is 0. The van der Waals surface area contributed by atoms with Crippen LogP contribution in [0.15, 0.2) is 12.1 Å². The van der Waals surface area contributed by atoms with E-state index in [-0.39, 0.29) is 0 Å². The molecule has 1 aromatic carbocycles. The van der Waals surface area contributed by atoms with E-state index in [1.807, 2.05) is 6.92 Å². The SMILES string of the molecule is CCC1(c2cc(Cl)c(OC)c(Cl)c2)OCCO1. The monoisotopic (exact) mass is 276 g/mol. The van der Waals surface area contributed by atoms with Crippen molar-refractivity contribution in [2.24, 2.45) is 0 Å². The summed E-state index contributed by atoms with van der Waals surface area (Å²) in [7, 11) is 1.53. The predicted octanol–water partition coefficient (Wildman–Crippen LogP) is 3.61. The van der Waals surface area contributed by atoms with Crippen molar-refractivity contribution in [2.45, 2.75) is 19.1 Å². The first-order valence-electron chi connectivity index (χ1n) is 5.44. The Kier molecular flexibility index (Phi) is 3.83. The Hall–Kier alpha value is -0.480. The van der Waals surface area contributed by atoms with Crippen molar-refractivity contribution in [3.8, 4) is 5.75 Å². The van der Waals surface area contributed by atoms with Gasteiger partial charge in [-0.25, -0.2) is 0 Å². The van der Waals surface area contributed by atoms with E-state index in [1.54, 1.807) is 12.1 Å². The predicted molar refractivity (Wildman–Crippen MR) is 66.9 cm³/mol. The van der Waals surface area contributed by atoms with Gasteiger partial charge in [0.2, 0.25) is 0 Å². The third kappa shape index (κ3) is 2.25. The Morgan fingerprint density at radius 3 is 2.18 bits per heavy atom. The quantitative estimate of drug-likeness (QED) is 0.844. The molecule has 3 nitrogen and oxygen atoms in total. The van der Waals surface area contributed by atoms with Crippen LogP contribution in [0.25, 0.3) is 0 Å². The van der Waals surface area contributed by atoms with E-state index in [0.717, 1.165) is 5.56 Å². The topological polar surface area (TPSA) is 27.7 Å². The van der Waals surface area contributed by atoms with Gasteiger partial charge in [-0.3, -0.25) is 0 Å². The molecule has 0 bridgehead atoms. The van der Waals surface area contributed by atoms with Gasteiger partial charge < -0.3 is 14.2 Å². The zero-order valence-electron chi connectivity index (χ0n) is 9.76. The Morgan fingerprint density at radius 1 is 1.24 bits per heavy atom. The highest BCUT2D eigenvalue weighted by Crippen LogP contribution is 2.41. The van der Waals surface area contributed by atoms with E-state index in [0.29, 0.717) is 35.4 Å². The van der Waals surface area contributed by atoms with Gasteiger partial charge >= 0.3 is 0 Å². The molecule has 0 aliphatic carbocycles. The second-order valence-electron chi connectivity index (χ2n) is 3.78. The van der Waals surface area contributed by atoms with Crippen LogP contribution in [-0.2, 0) is 15.3 Å². The van der Waals surface area contributed by atoms with Gasteiger partial charge in [0.05, 0.1) is 30.4 Å². The minimum Gasteiger partial charge on any atom is -0.494 e. The molecule has 17 heavy (non-hydrogen) atoms. The van der Waals surface area contributed by atoms with Crippen molar-refractivity contribution in [3.05, 3.63) is 27.7 Å². The molecule has 0 atom stereocenters. The fraction of sp³-hybridized carbons (Fsp3) is 0.500. The largest absolute Gasteiger partial charge is 0.494 e. The molecule has 5 heteroatoms. The summed E-state index contributed by atoms with van der Waals surface area (Å²) >= 11 is 12.2. The number of benzene rings is 1. The number of halogens is 2. The standard InChI is InChI=1S/C12H14Cl2O3/c1-3-12(16-4-5-17-12)8-6-9(13)11(15-2)10(14)7-8/h6-7H,3-5H2,1-2H3. The van der Waals surface area contributed by atoms with Crippen LogP contribution in [0.4, 0.5) is 0 Å². The molecule has 0 spiro atoms. The summed E-state index contributed by atoms with van der Waals surface area (Å²) in [6, 6.07) is 3.56. The fourth-order valence-electron chi connectivity index (χ4n) is 2.00. The lowest BCUT2D eigenvalue weighted by molar-refractivity contribution is -0.167. The summed E-state index contributed by atoms with van der Waals surface area (Å²) in [6.45, 7) is 3.15. The molecule has 0 N–H and O–H groups in total. The molecule has 1 aliphatic heterocycles. The maximum atomic E-state index is 6.11. The first kappa shape index (κ1) is 13.0. The van der Waals surface area contributed by atoms with Crippen molar-refractivity contribution < 1.29 is 14.2 Å². The van der Waals surface area contributed by atoms with E-state index in [9.17, 15) is 0 Å². The maximum Gasteiger partial charge on any atom is 0.194 e. The Balaban J connectivity index is 2.45. The van der Waals surface area contributed by atoms with Crippen LogP contribution >= 0.6 is 23.2 Å².